The first kappa shape index (κ1) is 15.4. The van der Waals surface area contributed by atoms with Gasteiger partial charge in [0.1, 0.15) is 12.4 Å². The number of aromatic nitrogens is 2. The highest BCUT2D eigenvalue weighted by Crippen LogP contribution is 2.24. The summed E-state index contributed by atoms with van der Waals surface area (Å²) in [6.07, 6.45) is 3.27. The lowest BCUT2D eigenvalue weighted by atomic mass is 9.93. The second-order valence-electron chi connectivity index (χ2n) is 6.53. The second kappa shape index (κ2) is 6.37. The molecule has 2 N–H and O–H groups in total. The van der Waals surface area contributed by atoms with Gasteiger partial charge in [0, 0.05) is 32.4 Å². The van der Waals surface area contributed by atoms with Crippen molar-refractivity contribution in [3.05, 3.63) is 52.6 Å². The highest BCUT2D eigenvalue weighted by Gasteiger charge is 2.22. The SMILES string of the molecule is NC(=O)Cc1cccc2c1CCN(Cc1cnc3n1CCOC3)C2. The van der Waals surface area contributed by atoms with Crippen molar-refractivity contribution in [2.45, 2.75) is 39.1 Å². The topological polar surface area (TPSA) is 73.4 Å². The predicted molar refractivity (Wildman–Crippen MR) is 89.0 cm³/mol. The van der Waals surface area contributed by atoms with Gasteiger partial charge in [-0.3, -0.25) is 9.69 Å². The van der Waals surface area contributed by atoms with Crippen LogP contribution in [0.4, 0.5) is 0 Å². The van der Waals surface area contributed by atoms with E-state index in [1.807, 2.05) is 18.3 Å². The number of fused-ring (bicyclic) bond motifs is 2. The Labute approximate surface area is 141 Å². The number of amides is 1. The smallest absolute Gasteiger partial charge is 0.221 e. The lowest BCUT2D eigenvalue weighted by Crippen LogP contribution is -2.32. The molecule has 0 radical (unpaired) electrons. The maximum atomic E-state index is 11.3. The minimum Gasteiger partial charge on any atom is -0.372 e. The maximum absolute atomic E-state index is 11.3. The summed E-state index contributed by atoms with van der Waals surface area (Å²) in [5.74, 6) is 0.761. The molecule has 0 atom stereocenters. The van der Waals surface area contributed by atoms with Gasteiger partial charge in [-0.05, 0) is 23.1 Å². The van der Waals surface area contributed by atoms with Crippen LogP contribution in [0.1, 0.15) is 28.2 Å². The Morgan fingerprint density at radius 1 is 1.33 bits per heavy atom. The van der Waals surface area contributed by atoms with Crippen LogP contribution in [0.3, 0.4) is 0 Å². The number of imidazole rings is 1. The van der Waals surface area contributed by atoms with Crippen LogP contribution in [-0.2, 0) is 48.6 Å². The van der Waals surface area contributed by atoms with Crippen LogP contribution < -0.4 is 5.73 Å². The molecule has 4 rings (SSSR count). The van der Waals surface area contributed by atoms with Crippen molar-refractivity contribution in [1.29, 1.82) is 0 Å². The normalized spacial score (nSPS) is 17.3. The predicted octanol–water partition coefficient (Wildman–Crippen LogP) is 0.999. The van der Waals surface area contributed by atoms with Crippen molar-refractivity contribution in [2.75, 3.05) is 13.2 Å². The summed E-state index contributed by atoms with van der Waals surface area (Å²) in [5, 5.41) is 0. The Kier molecular flexibility index (Phi) is 4.08. The molecule has 0 saturated carbocycles. The zero-order valence-corrected chi connectivity index (χ0v) is 13.7. The largest absolute Gasteiger partial charge is 0.372 e. The summed E-state index contributed by atoms with van der Waals surface area (Å²) < 4.78 is 7.74. The number of rotatable bonds is 4. The van der Waals surface area contributed by atoms with Crippen LogP contribution in [0.15, 0.2) is 24.4 Å². The molecule has 0 bridgehead atoms. The van der Waals surface area contributed by atoms with Gasteiger partial charge in [-0.15, -0.1) is 0 Å². The quantitative estimate of drug-likeness (QED) is 0.910. The first-order chi connectivity index (χ1) is 11.7. The molecule has 126 valence electrons. The van der Waals surface area contributed by atoms with E-state index >= 15 is 0 Å². The number of nitrogens with two attached hydrogens (primary N) is 1. The molecule has 0 spiro atoms. The Morgan fingerprint density at radius 3 is 3.12 bits per heavy atom. The zero-order valence-electron chi connectivity index (χ0n) is 13.7. The Balaban J connectivity index is 1.51. The van der Waals surface area contributed by atoms with E-state index in [2.05, 4.69) is 20.5 Å². The van der Waals surface area contributed by atoms with Gasteiger partial charge in [-0.1, -0.05) is 18.2 Å². The van der Waals surface area contributed by atoms with Crippen molar-refractivity contribution < 1.29 is 9.53 Å². The zero-order chi connectivity index (χ0) is 16.5. The molecule has 0 unspecified atom stereocenters. The summed E-state index contributed by atoms with van der Waals surface area (Å²) in [5.41, 5.74) is 10.3. The lowest BCUT2D eigenvalue weighted by Gasteiger charge is -2.30. The van der Waals surface area contributed by atoms with Gasteiger partial charge < -0.3 is 15.0 Å². The van der Waals surface area contributed by atoms with Gasteiger partial charge in [-0.25, -0.2) is 4.98 Å². The van der Waals surface area contributed by atoms with Gasteiger partial charge >= 0.3 is 0 Å². The van der Waals surface area contributed by atoms with Crippen LogP contribution in [0, 0.1) is 0 Å². The third-order valence-electron chi connectivity index (χ3n) is 4.90. The minimum absolute atomic E-state index is 0.265. The average molecular weight is 326 g/mol. The molecule has 24 heavy (non-hydrogen) atoms. The number of hydrogen-bond donors (Lipinski definition) is 1. The summed E-state index contributed by atoms with van der Waals surface area (Å²) in [6.45, 7) is 5.04. The van der Waals surface area contributed by atoms with Crippen LogP contribution in [0.2, 0.25) is 0 Å². The van der Waals surface area contributed by atoms with E-state index in [0.717, 1.165) is 50.6 Å². The van der Waals surface area contributed by atoms with Crippen molar-refractivity contribution in [1.82, 2.24) is 14.5 Å². The van der Waals surface area contributed by atoms with Crippen LogP contribution in [-0.4, -0.2) is 33.5 Å². The maximum Gasteiger partial charge on any atom is 0.221 e. The number of ether oxygens (including phenoxy) is 1. The van der Waals surface area contributed by atoms with E-state index in [1.165, 1.54) is 16.8 Å². The van der Waals surface area contributed by atoms with Crippen LogP contribution >= 0.6 is 0 Å². The molecular weight excluding hydrogens is 304 g/mol. The van der Waals surface area contributed by atoms with Crippen molar-refractivity contribution in [3.8, 4) is 0 Å². The van der Waals surface area contributed by atoms with Gasteiger partial charge in [0.2, 0.25) is 5.91 Å². The van der Waals surface area contributed by atoms with Gasteiger partial charge in [-0.2, -0.15) is 0 Å². The standard InChI is InChI=1S/C18H22N4O2/c19-17(23)8-13-2-1-3-14-10-21(5-4-16(13)14)11-15-9-20-18-12-24-7-6-22(15)18/h1-3,9H,4-8,10-12H2,(H2,19,23). The van der Waals surface area contributed by atoms with Gasteiger partial charge in [0.15, 0.2) is 0 Å². The van der Waals surface area contributed by atoms with E-state index in [9.17, 15) is 4.79 Å². The number of benzene rings is 1. The number of primary amides is 1. The molecule has 6 nitrogen and oxygen atoms in total. The van der Waals surface area contributed by atoms with Crippen molar-refractivity contribution in [2.24, 2.45) is 5.73 Å². The molecular formula is C18H22N4O2. The summed E-state index contributed by atoms with van der Waals surface area (Å²) in [4.78, 5) is 18.2. The van der Waals surface area contributed by atoms with Crippen molar-refractivity contribution in [3.63, 3.8) is 0 Å². The minimum atomic E-state index is -0.265. The fourth-order valence-corrected chi connectivity index (χ4v) is 3.75. The molecule has 1 aromatic carbocycles. The Bertz CT molecular complexity index is 768. The first-order valence-corrected chi connectivity index (χ1v) is 8.42. The van der Waals surface area contributed by atoms with E-state index in [0.29, 0.717) is 13.0 Å². The van der Waals surface area contributed by atoms with E-state index in [-0.39, 0.29) is 5.91 Å². The number of carbonyl (C=O) groups is 1. The van der Waals surface area contributed by atoms with E-state index < -0.39 is 0 Å². The summed E-state index contributed by atoms with van der Waals surface area (Å²) in [6, 6.07) is 6.21. The molecule has 2 aliphatic rings. The lowest BCUT2D eigenvalue weighted by molar-refractivity contribution is -0.117. The molecule has 3 heterocycles. The van der Waals surface area contributed by atoms with Crippen molar-refractivity contribution >= 4 is 5.91 Å². The number of hydrogen-bond acceptors (Lipinski definition) is 4. The summed E-state index contributed by atoms with van der Waals surface area (Å²) >= 11 is 0. The molecule has 6 heteroatoms. The molecule has 2 aliphatic heterocycles. The van der Waals surface area contributed by atoms with E-state index in [4.69, 9.17) is 10.5 Å². The van der Waals surface area contributed by atoms with Crippen LogP contribution in [0.5, 0.6) is 0 Å². The number of carbonyl (C=O) groups excluding carboxylic acids is 1. The highest BCUT2D eigenvalue weighted by atomic mass is 16.5. The molecule has 0 saturated heterocycles. The molecule has 0 fully saturated rings. The molecule has 0 aliphatic carbocycles. The average Bonchev–Trinajstić information content (AvgIpc) is 2.98. The fraction of sp³-hybridized carbons (Fsp3) is 0.444. The van der Waals surface area contributed by atoms with Crippen LogP contribution in [0.25, 0.3) is 0 Å². The Morgan fingerprint density at radius 2 is 2.25 bits per heavy atom. The van der Waals surface area contributed by atoms with Gasteiger partial charge in [0.05, 0.1) is 18.7 Å². The molecule has 1 aromatic heterocycles. The Hall–Kier alpha value is -2.18. The third kappa shape index (κ3) is 2.95. The third-order valence-corrected chi connectivity index (χ3v) is 4.90. The molecule has 1 amide bonds. The highest BCUT2D eigenvalue weighted by molar-refractivity contribution is 5.77. The first-order valence-electron chi connectivity index (χ1n) is 8.42. The second-order valence-corrected chi connectivity index (χ2v) is 6.53. The number of nitrogens with zero attached hydrogens (tertiary/aromatic N) is 3. The fourth-order valence-electron chi connectivity index (χ4n) is 3.75. The molecule has 2 aromatic rings. The monoisotopic (exact) mass is 326 g/mol. The van der Waals surface area contributed by atoms with Gasteiger partial charge in [0.25, 0.3) is 0 Å². The van der Waals surface area contributed by atoms with E-state index in [1.54, 1.807) is 0 Å². The summed E-state index contributed by atoms with van der Waals surface area (Å²) in [7, 11) is 0.